The molecule has 0 spiro atoms. The fraction of sp³-hybridized carbons (Fsp3) is 0.611. The number of Topliss-reactive ketones (excluding diaryl/α,β-unsaturated/α-hetero) is 1. The van der Waals surface area contributed by atoms with E-state index in [0.29, 0.717) is 12.5 Å². The van der Waals surface area contributed by atoms with E-state index in [-0.39, 0.29) is 5.78 Å². The molecule has 1 saturated carbocycles. The molecule has 1 aromatic rings. The standard InChI is InChI=1S/C18H27NO/c1-14-8-10-16(11-9-14)18(20)12-13-19(3)17-7-5-4-6-15(17)2/h8-11,15,17H,4-7,12-13H2,1-3H3. The van der Waals surface area contributed by atoms with Crippen LogP contribution in [-0.2, 0) is 0 Å². The summed E-state index contributed by atoms with van der Waals surface area (Å²) in [6, 6.07) is 8.58. The molecule has 0 radical (unpaired) electrons. The van der Waals surface area contributed by atoms with E-state index in [9.17, 15) is 4.79 Å². The number of hydrogen-bond acceptors (Lipinski definition) is 2. The van der Waals surface area contributed by atoms with Gasteiger partial charge in [0.2, 0.25) is 0 Å². The van der Waals surface area contributed by atoms with Crippen molar-refractivity contribution in [1.29, 1.82) is 0 Å². The molecule has 0 aliphatic heterocycles. The minimum atomic E-state index is 0.264. The number of benzene rings is 1. The van der Waals surface area contributed by atoms with Crippen molar-refractivity contribution in [3.63, 3.8) is 0 Å². The number of carbonyl (C=O) groups is 1. The molecule has 0 heterocycles. The van der Waals surface area contributed by atoms with Crippen LogP contribution in [0.4, 0.5) is 0 Å². The number of nitrogens with zero attached hydrogens (tertiary/aromatic N) is 1. The monoisotopic (exact) mass is 273 g/mol. The van der Waals surface area contributed by atoms with Crippen molar-refractivity contribution in [2.24, 2.45) is 5.92 Å². The highest BCUT2D eigenvalue weighted by atomic mass is 16.1. The second-order valence-corrected chi connectivity index (χ2v) is 6.35. The Kier molecular flexibility index (Phi) is 5.36. The van der Waals surface area contributed by atoms with Gasteiger partial charge in [-0.3, -0.25) is 4.79 Å². The molecule has 20 heavy (non-hydrogen) atoms. The molecule has 1 fully saturated rings. The molecule has 0 saturated heterocycles. The van der Waals surface area contributed by atoms with Gasteiger partial charge in [-0.1, -0.05) is 49.6 Å². The lowest BCUT2D eigenvalue weighted by molar-refractivity contribution is 0.0928. The first-order chi connectivity index (χ1) is 9.58. The number of aryl methyl sites for hydroxylation is 1. The lowest BCUT2D eigenvalue weighted by Crippen LogP contribution is -2.39. The van der Waals surface area contributed by atoms with Crippen molar-refractivity contribution in [1.82, 2.24) is 4.90 Å². The van der Waals surface area contributed by atoms with Crippen LogP contribution in [0.3, 0.4) is 0 Å². The summed E-state index contributed by atoms with van der Waals surface area (Å²) >= 11 is 0. The first-order valence-corrected chi connectivity index (χ1v) is 7.88. The Bertz CT molecular complexity index is 437. The Balaban J connectivity index is 1.84. The van der Waals surface area contributed by atoms with Gasteiger partial charge < -0.3 is 4.90 Å². The van der Waals surface area contributed by atoms with Crippen molar-refractivity contribution >= 4 is 5.78 Å². The molecule has 2 atom stereocenters. The Morgan fingerprint density at radius 1 is 1.20 bits per heavy atom. The van der Waals surface area contributed by atoms with Crippen LogP contribution in [0.5, 0.6) is 0 Å². The summed E-state index contributed by atoms with van der Waals surface area (Å²) < 4.78 is 0. The van der Waals surface area contributed by atoms with E-state index < -0.39 is 0 Å². The van der Waals surface area contributed by atoms with Gasteiger partial charge >= 0.3 is 0 Å². The highest BCUT2D eigenvalue weighted by Crippen LogP contribution is 2.27. The number of rotatable bonds is 5. The molecular weight excluding hydrogens is 246 g/mol. The first-order valence-electron chi connectivity index (χ1n) is 7.88. The van der Waals surface area contributed by atoms with Crippen LogP contribution in [0.25, 0.3) is 0 Å². The lowest BCUT2D eigenvalue weighted by Gasteiger charge is -2.36. The molecular formula is C18H27NO. The predicted octanol–water partition coefficient (Wildman–Crippen LogP) is 4.08. The second kappa shape index (κ2) is 7.03. The van der Waals surface area contributed by atoms with E-state index in [1.807, 2.05) is 31.2 Å². The fourth-order valence-electron chi connectivity index (χ4n) is 3.28. The molecule has 2 heteroatoms. The second-order valence-electron chi connectivity index (χ2n) is 6.35. The van der Waals surface area contributed by atoms with E-state index >= 15 is 0 Å². The SMILES string of the molecule is Cc1ccc(C(=O)CCN(C)C2CCCCC2C)cc1. The molecule has 110 valence electrons. The van der Waals surface area contributed by atoms with Crippen LogP contribution in [0.2, 0.25) is 0 Å². The van der Waals surface area contributed by atoms with E-state index in [2.05, 4.69) is 18.9 Å². The molecule has 1 aliphatic carbocycles. The van der Waals surface area contributed by atoms with E-state index in [0.717, 1.165) is 18.0 Å². The van der Waals surface area contributed by atoms with Gasteiger partial charge in [-0.2, -0.15) is 0 Å². The Labute approximate surface area is 123 Å². The third-order valence-corrected chi connectivity index (χ3v) is 4.70. The fourth-order valence-corrected chi connectivity index (χ4v) is 3.28. The zero-order valence-electron chi connectivity index (χ0n) is 13.1. The van der Waals surface area contributed by atoms with Gasteiger partial charge in [-0.15, -0.1) is 0 Å². The minimum Gasteiger partial charge on any atom is -0.303 e. The van der Waals surface area contributed by atoms with E-state index in [1.165, 1.54) is 31.2 Å². The smallest absolute Gasteiger partial charge is 0.164 e. The molecule has 0 aromatic heterocycles. The van der Waals surface area contributed by atoms with Gasteiger partial charge in [0, 0.05) is 24.6 Å². The van der Waals surface area contributed by atoms with Crippen LogP contribution in [0.1, 0.15) is 54.9 Å². The van der Waals surface area contributed by atoms with Gasteiger partial charge in [-0.05, 0) is 32.7 Å². The summed E-state index contributed by atoms with van der Waals surface area (Å²) in [5.41, 5.74) is 2.05. The highest BCUT2D eigenvalue weighted by molar-refractivity contribution is 5.96. The van der Waals surface area contributed by atoms with Crippen molar-refractivity contribution in [2.75, 3.05) is 13.6 Å². The molecule has 2 rings (SSSR count). The van der Waals surface area contributed by atoms with Crippen LogP contribution < -0.4 is 0 Å². The quantitative estimate of drug-likeness (QED) is 0.753. The third kappa shape index (κ3) is 3.92. The number of hydrogen-bond donors (Lipinski definition) is 0. The highest BCUT2D eigenvalue weighted by Gasteiger charge is 2.24. The maximum Gasteiger partial charge on any atom is 0.164 e. The minimum absolute atomic E-state index is 0.264. The zero-order chi connectivity index (χ0) is 14.5. The summed E-state index contributed by atoms with van der Waals surface area (Å²) in [5.74, 6) is 1.03. The summed E-state index contributed by atoms with van der Waals surface area (Å²) in [5, 5.41) is 0. The molecule has 0 bridgehead atoms. The molecule has 1 aliphatic rings. The summed E-state index contributed by atoms with van der Waals surface area (Å²) in [6.07, 6.45) is 5.96. The van der Waals surface area contributed by atoms with Crippen molar-refractivity contribution in [3.05, 3.63) is 35.4 Å². The Morgan fingerprint density at radius 3 is 2.50 bits per heavy atom. The van der Waals surface area contributed by atoms with Gasteiger partial charge in [0.1, 0.15) is 0 Å². The van der Waals surface area contributed by atoms with Crippen molar-refractivity contribution < 1.29 is 4.79 Å². The molecule has 2 unspecified atom stereocenters. The maximum atomic E-state index is 12.2. The topological polar surface area (TPSA) is 20.3 Å². The van der Waals surface area contributed by atoms with Crippen LogP contribution in [0, 0.1) is 12.8 Å². The first kappa shape index (κ1) is 15.2. The number of carbonyl (C=O) groups excluding carboxylic acids is 1. The van der Waals surface area contributed by atoms with Crippen molar-refractivity contribution in [3.8, 4) is 0 Å². The molecule has 2 nitrogen and oxygen atoms in total. The maximum absolute atomic E-state index is 12.2. The van der Waals surface area contributed by atoms with Gasteiger partial charge in [-0.25, -0.2) is 0 Å². The summed E-state index contributed by atoms with van der Waals surface area (Å²) in [6.45, 7) is 5.27. The molecule has 0 N–H and O–H groups in total. The van der Waals surface area contributed by atoms with Gasteiger partial charge in [0.05, 0.1) is 0 Å². The average molecular weight is 273 g/mol. The summed E-state index contributed by atoms with van der Waals surface area (Å²) in [7, 11) is 2.18. The van der Waals surface area contributed by atoms with Gasteiger partial charge in [0.25, 0.3) is 0 Å². The van der Waals surface area contributed by atoms with E-state index in [1.54, 1.807) is 0 Å². The average Bonchev–Trinajstić information content (AvgIpc) is 2.45. The van der Waals surface area contributed by atoms with Gasteiger partial charge in [0.15, 0.2) is 5.78 Å². The lowest BCUT2D eigenvalue weighted by atomic mass is 9.85. The van der Waals surface area contributed by atoms with Crippen LogP contribution in [0.15, 0.2) is 24.3 Å². The van der Waals surface area contributed by atoms with Crippen LogP contribution >= 0.6 is 0 Å². The Morgan fingerprint density at radius 2 is 1.85 bits per heavy atom. The zero-order valence-corrected chi connectivity index (χ0v) is 13.1. The largest absolute Gasteiger partial charge is 0.303 e. The molecule has 1 aromatic carbocycles. The molecule has 0 amide bonds. The normalized spacial score (nSPS) is 23.0. The predicted molar refractivity (Wildman–Crippen MR) is 84.2 cm³/mol. The van der Waals surface area contributed by atoms with E-state index in [4.69, 9.17) is 0 Å². The Hall–Kier alpha value is -1.15. The summed E-state index contributed by atoms with van der Waals surface area (Å²) in [4.78, 5) is 14.6. The number of ketones is 1. The third-order valence-electron chi connectivity index (χ3n) is 4.70. The van der Waals surface area contributed by atoms with Crippen LogP contribution in [-0.4, -0.2) is 30.3 Å². The van der Waals surface area contributed by atoms with Crippen molar-refractivity contribution in [2.45, 2.75) is 52.0 Å².